The number of carbonyl (C=O) groups is 1. The van der Waals surface area contributed by atoms with Crippen LogP contribution in [0, 0.1) is 5.92 Å². The van der Waals surface area contributed by atoms with Crippen molar-refractivity contribution in [2.24, 2.45) is 5.92 Å². The standard InChI is InChI=1S/C38H41N5O3/c1-3-38(4-2)29-10-9-27(32-22-40-37(42-32)33-6-5-13-43(33)36(44)16-24-11-14-45-15-12-24)20-34(29)46-35-19-25-7-8-26(31-21-39-23-41-31)17-28(25)18-30(35)38/h7-10,17-24,33H,3-6,11-16H2,1-2H3,(H,39,41)(H,40,42)/t33-/m0/s1. The number of carbonyl (C=O) groups excluding carboxylic acids is 1. The third-order valence-corrected chi connectivity index (χ3v) is 10.8. The minimum Gasteiger partial charge on any atom is -0.457 e. The number of fused-ring (bicyclic) bond motifs is 3. The fourth-order valence-corrected chi connectivity index (χ4v) is 8.08. The van der Waals surface area contributed by atoms with Gasteiger partial charge in [-0.3, -0.25) is 4.79 Å². The van der Waals surface area contributed by atoms with E-state index < -0.39 is 0 Å². The second-order valence-corrected chi connectivity index (χ2v) is 13.2. The predicted octanol–water partition coefficient (Wildman–Crippen LogP) is 8.31. The van der Waals surface area contributed by atoms with Crippen LogP contribution in [0.3, 0.4) is 0 Å². The molecule has 8 nitrogen and oxygen atoms in total. The molecule has 0 saturated carbocycles. The highest BCUT2D eigenvalue weighted by Crippen LogP contribution is 2.53. The zero-order chi connectivity index (χ0) is 31.3. The van der Waals surface area contributed by atoms with Crippen molar-refractivity contribution in [2.75, 3.05) is 19.8 Å². The average Bonchev–Trinajstić information content (AvgIpc) is 3.89. The van der Waals surface area contributed by atoms with Crippen LogP contribution in [-0.4, -0.2) is 50.5 Å². The molecule has 0 unspecified atom stereocenters. The number of imidazole rings is 2. The Labute approximate surface area is 269 Å². The number of benzene rings is 3. The summed E-state index contributed by atoms with van der Waals surface area (Å²) in [5.41, 5.74) is 6.41. The van der Waals surface area contributed by atoms with E-state index in [9.17, 15) is 4.79 Å². The van der Waals surface area contributed by atoms with Crippen molar-refractivity contribution >= 4 is 16.7 Å². The van der Waals surface area contributed by atoms with Gasteiger partial charge in [0.15, 0.2) is 0 Å². The van der Waals surface area contributed by atoms with Crippen LogP contribution >= 0.6 is 0 Å². The Bertz CT molecular complexity index is 1880. The normalized spacial score (nSPS) is 19.2. The molecule has 2 aromatic heterocycles. The lowest BCUT2D eigenvalue weighted by atomic mass is 9.68. The second-order valence-electron chi connectivity index (χ2n) is 13.2. The van der Waals surface area contributed by atoms with Gasteiger partial charge >= 0.3 is 0 Å². The van der Waals surface area contributed by atoms with E-state index in [-0.39, 0.29) is 17.4 Å². The molecule has 0 bridgehead atoms. The van der Waals surface area contributed by atoms with E-state index >= 15 is 0 Å². The van der Waals surface area contributed by atoms with Crippen LogP contribution in [-0.2, 0) is 14.9 Å². The predicted molar refractivity (Wildman–Crippen MR) is 179 cm³/mol. The molecule has 3 aromatic carbocycles. The van der Waals surface area contributed by atoms with Crippen LogP contribution in [0.4, 0.5) is 0 Å². The van der Waals surface area contributed by atoms with E-state index in [0.717, 1.165) is 104 Å². The van der Waals surface area contributed by atoms with Crippen molar-refractivity contribution in [3.63, 3.8) is 0 Å². The minimum atomic E-state index is -0.159. The minimum absolute atomic E-state index is 0.00302. The van der Waals surface area contributed by atoms with Crippen LogP contribution in [0.1, 0.15) is 81.8 Å². The second kappa shape index (κ2) is 11.7. The highest BCUT2D eigenvalue weighted by atomic mass is 16.5. The summed E-state index contributed by atoms with van der Waals surface area (Å²) in [6, 6.07) is 17.6. The molecule has 5 heterocycles. The lowest BCUT2D eigenvalue weighted by Gasteiger charge is -2.39. The van der Waals surface area contributed by atoms with Crippen molar-refractivity contribution in [2.45, 2.75) is 70.3 Å². The number of rotatable bonds is 7. The maximum atomic E-state index is 13.3. The first-order chi connectivity index (χ1) is 22.6. The van der Waals surface area contributed by atoms with Gasteiger partial charge in [0.2, 0.25) is 5.91 Å². The molecule has 1 atom stereocenters. The van der Waals surface area contributed by atoms with Crippen LogP contribution in [0.15, 0.2) is 67.3 Å². The molecule has 5 aromatic rings. The smallest absolute Gasteiger partial charge is 0.223 e. The maximum Gasteiger partial charge on any atom is 0.223 e. The molecule has 1 amide bonds. The number of likely N-dealkylation sites (tertiary alicyclic amines) is 1. The molecule has 46 heavy (non-hydrogen) atoms. The van der Waals surface area contributed by atoms with E-state index in [1.165, 1.54) is 16.5 Å². The van der Waals surface area contributed by atoms with Gasteiger partial charge in [-0.05, 0) is 79.5 Å². The number of amides is 1. The largest absolute Gasteiger partial charge is 0.457 e. The number of H-pyrrole nitrogens is 2. The van der Waals surface area contributed by atoms with E-state index in [4.69, 9.17) is 14.5 Å². The van der Waals surface area contributed by atoms with Crippen LogP contribution in [0.2, 0.25) is 0 Å². The Morgan fingerprint density at radius 2 is 1.72 bits per heavy atom. The summed E-state index contributed by atoms with van der Waals surface area (Å²) in [4.78, 5) is 31.2. The molecule has 8 rings (SSSR count). The zero-order valence-electron chi connectivity index (χ0n) is 26.6. The van der Waals surface area contributed by atoms with Gasteiger partial charge in [-0.25, -0.2) is 9.97 Å². The first-order valence-electron chi connectivity index (χ1n) is 16.9. The lowest BCUT2D eigenvalue weighted by molar-refractivity contribution is -0.134. The molecule has 3 aliphatic heterocycles. The first kappa shape index (κ1) is 29.0. The summed E-state index contributed by atoms with van der Waals surface area (Å²) >= 11 is 0. The Hall–Kier alpha value is -4.43. The summed E-state index contributed by atoms with van der Waals surface area (Å²) in [7, 11) is 0. The van der Waals surface area contributed by atoms with E-state index in [2.05, 4.69) is 77.3 Å². The summed E-state index contributed by atoms with van der Waals surface area (Å²) in [6.07, 6.45) is 11.9. The molecule has 8 heteroatoms. The van der Waals surface area contributed by atoms with Gasteiger partial charge in [0.05, 0.1) is 36.2 Å². The molecule has 236 valence electrons. The average molecular weight is 616 g/mol. The highest BCUT2D eigenvalue weighted by molar-refractivity contribution is 5.90. The first-order valence-corrected chi connectivity index (χ1v) is 16.9. The van der Waals surface area contributed by atoms with Crippen LogP contribution < -0.4 is 4.74 Å². The number of aromatic nitrogens is 4. The van der Waals surface area contributed by atoms with Gasteiger partial charge in [0.1, 0.15) is 17.3 Å². The van der Waals surface area contributed by atoms with Gasteiger partial charge in [0.25, 0.3) is 0 Å². The fourth-order valence-electron chi connectivity index (χ4n) is 8.08. The molecule has 2 N–H and O–H groups in total. The number of hydrogen-bond donors (Lipinski definition) is 2. The van der Waals surface area contributed by atoms with E-state index in [1.807, 2.05) is 17.3 Å². The van der Waals surface area contributed by atoms with E-state index in [0.29, 0.717) is 12.3 Å². The van der Waals surface area contributed by atoms with Crippen LogP contribution in [0.25, 0.3) is 33.3 Å². The zero-order valence-corrected chi connectivity index (χ0v) is 26.6. The van der Waals surface area contributed by atoms with Gasteiger partial charge in [-0.15, -0.1) is 0 Å². The van der Waals surface area contributed by atoms with Gasteiger partial charge in [0, 0.05) is 53.8 Å². The van der Waals surface area contributed by atoms with E-state index in [1.54, 1.807) is 6.33 Å². The van der Waals surface area contributed by atoms with Crippen molar-refractivity contribution in [3.05, 3.63) is 84.2 Å². The Balaban J connectivity index is 1.09. The van der Waals surface area contributed by atoms with Gasteiger partial charge in [-0.1, -0.05) is 38.1 Å². The summed E-state index contributed by atoms with van der Waals surface area (Å²) in [5, 5.41) is 2.34. The fraction of sp³-hybridized carbons (Fsp3) is 0.395. The monoisotopic (exact) mass is 615 g/mol. The molecule has 2 fully saturated rings. The number of ether oxygens (including phenoxy) is 2. The molecule has 2 saturated heterocycles. The molecule has 0 radical (unpaired) electrons. The van der Waals surface area contributed by atoms with Gasteiger partial charge < -0.3 is 24.3 Å². The molecular weight excluding hydrogens is 574 g/mol. The van der Waals surface area contributed by atoms with Crippen molar-refractivity contribution < 1.29 is 14.3 Å². The summed E-state index contributed by atoms with van der Waals surface area (Å²) < 4.78 is 12.2. The third-order valence-electron chi connectivity index (χ3n) is 10.8. The number of aromatic amines is 2. The maximum absolute atomic E-state index is 13.3. The third kappa shape index (κ3) is 4.90. The number of nitrogens with zero attached hydrogens (tertiary/aromatic N) is 3. The topological polar surface area (TPSA) is 96.1 Å². The summed E-state index contributed by atoms with van der Waals surface area (Å²) in [6.45, 7) is 6.88. The summed E-state index contributed by atoms with van der Waals surface area (Å²) in [5.74, 6) is 3.35. The quantitative estimate of drug-likeness (QED) is 0.192. The van der Waals surface area contributed by atoms with Crippen molar-refractivity contribution in [1.82, 2.24) is 24.8 Å². The van der Waals surface area contributed by atoms with Gasteiger partial charge in [-0.2, -0.15) is 0 Å². The molecular formula is C38H41N5O3. The Morgan fingerprint density at radius 1 is 0.913 bits per heavy atom. The van der Waals surface area contributed by atoms with Crippen molar-refractivity contribution in [3.8, 4) is 34.0 Å². The lowest BCUT2D eigenvalue weighted by Crippen LogP contribution is -2.33. The SMILES string of the molecule is CCC1(CC)c2ccc(-c3cnc([C@@H]4CCCN4C(=O)CC4CCOCC4)[nH]3)cc2Oc2cc3ccc(-c4cnc[nH]4)cc3cc21. The Kier molecular flexibility index (Phi) is 7.40. The molecule has 3 aliphatic rings. The number of nitrogens with one attached hydrogen (secondary N) is 2. The highest BCUT2D eigenvalue weighted by Gasteiger charge is 2.40. The molecule has 0 aliphatic carbocycles. The Morgan fingerprint density at radius 3 is 2.52 bits per heavy atom. The number of hydrogen-bond acceptors (Lipinski definition) is 5. The molecule has 0 spiro atoms. The van der Waals surface area contributed by atoms with Crippen LogP contribution in [0.5, 0.6) is 11.5 Å². The van der Waals surface area contributed by atoms with Crippen molar-refractivity contribution in [1.29, 1.82) is 0 Å².